The molecule has 3 fully saturated rings. The third-order valence-electron chi connectivity index (χ3n) is 11.3. The lowest BCUT2D eigenvalue weighted by molar-refractivity contribution is -0.258. The van der Waals surface area contributed by atoms with Crippen LogP contribution in [0.4, 0.5) is 0 Å². The van der Waals surface area contributed by atoms with Crippen LogP contribution >= 0.6 is 23.5 Å². The topological polar surface area (TPSA) is 102 Å². The molecule has 3 aliphatic heterocycles. The zero-order valence-corrected chi connectivity index (χ0v) is 35.4. The summed E-state index contributed by atoms with van der Waals surface area (Å²) in [5.74, 6) is 1.73. The maximum atomic E-state index is 12.0. The van der Waals surface area contributed by atoms with Gasteiger partial charge in [-0.1, -0.05) is 63.2 Å². The first-order valence-corrected chi connectivity index (χ1v) is 22.3. The molecule has 3 heterocycles. The predicted octanol–water partition coefficient (Wildman–Crippen LogP) is 8.97. The van der Waals surface area contributed by atoms with Crippen molar-refractivity contribution < 1.29 is 43.1 Å². The number of rotatable bonds is 22. The number of aldehydes is 1. The second-order valence-corrected chi connectivity index (χ2v) is 19.7. The smallest absolute Gasteiger partial charge is 0.167 e. The fourth-order valence-corrected chi connectivity index (χ4v) is 11.8. The third kappa shape index (κ3) is 14.0. The number of hydrogen-bond donors (Lipinski definition) is 1. The average molecular weight is 803 g/mol. The van der Waals surface area contributed by atoms with E-state index < -0.39 is 5.79 Å². The normalized spacial score (nSPS) is 26.0. The minimum absolute atomic E-state index is 0.0411. The number of aliphatic hydroxyl groups is 1. The molecule has 55 heavy (non-hydrogen) atoms. The van der Waals surface area contributed by atoms with Crippen LogP contribution in [0.1, 0.15) is 103 Å². The van der Waals surface area contributed by atoms with Crippen molar-refractivity contribution in [3.8, 4) is 5.75 Å². The van der Waals surface area contributed by atoms with E-state index in [9.17, 15) is 9.90 Å². The maximum Gasteiger partial charge on any atom is 0.167 e. The number of ether oxygens (including phenoxy) is 7. The summed E-state index contributed by atoms with van der Waals surface area (Å²) >= 11 is 3.86. The van der Waals surface area contributed by atoms with Crippen LogP contribution in [0.25, 0.3) is 0 Å². The highest BCUT2D eigenvalue weighted by Crippen LogP contribution is 2.55. The van der Waals surface area contributed by atoms with Crippen molar-refractivity contribution in [3.63, 3.8) is 0 Å². The molecule has 11 heteroatoms. The molecule has 0 unspecified atom stereocenters. The van der Waals surface area contributed by atoms with E-state index in [1.54, 1.807) is 14.2 Å². The van der Waals surface area contributed by atoms with Gasteiger partial charge in [0, 0.05) is 38.2 Å². The monoisotopic (exact) mass is 802 g/mol. The predicted molar refractivity (Wildman–Crippen MR) is 220 cm³/mol. The van der Waals surface area contributed by atoms with E-state index in [-0.39, 0.29) is 52.7 Å². The Morgan fingerprint density at radius 3 is 2.42 bits per heavy atom. The summed E-state index contributed by atoms with van der Waals surface area (Å²) in [7, 11) is 3.32. The summed E-state index contributed by atoms with van der Waals surface area (Å²) < 4.78 is 43.2. The molecule has 9 nitrogen and oxygen atoms in total. The number of benzene rings is 2. The van der Waals surface area contributed by atoms with Crippen LogP contribution in [-0.2, 0) is 46.4 Å². The molecule has 0 aromatic heterocycles. The van der Waals surface area contributed by atoms with E-state index in [2.05, 4.69) is 32.9 Å². The van der Waals surface area contributed by atoms with Gasteiger partial charge in [0.15, 0.2) is 5.79 Å². The van der Waals surface area contributed by atoms with Crippen molar-refractivity contribution in [2.24, 2.45) is 11.3 Å². The Morgan fingerprint density at radius 1 is 0.964 bits per heavy atom. The SMILES string of the molecule is COCO[C@@H](C[C@@H]1CCC[C@H](C(C)(C)COCc2ccccc2)O1)C[C@@H](OCc1ccc(OC)cc1)[C@@H](C)CC[C@]1(O)CC2(C[C@H](CC=O)O1)SCCCS2. The Balaban J connectivity index is 1.25. The van der Waals surface area contributed by atoms with Crippen molar-refractivity contribution in [1.82, 2.24) is 0 Å². The third-order valence-corrected chi connectivity index (χ3v) is 14.7. The standard InChI is InChI=1S/C44H66O9S2/c1-33(19-21-43(46)30-44(54-23-10-24-55-44)27-38(53-43)20-22-45)40(50-29-35-15-17-36(48-5)18-16-35)26-39(51-32-47-4)25-37-13-9-14-41(52-37)42(2,3)31-49-28-34-11-7-6-8-12-34/h6-8,11-12,15-18,22,33,37-41,46H,9-10,13-14,19-21,23-32H2,1-5H3/t33-,37-,38-,39-,40+,41+,43+/m0/s1. The molecule has 0 bridgehead atoms. The van der Waals surface area contributed by atoms with E-state index in [1.807, 2.05) is 66.0 Å². The molecular formula is C44H66O9S2. The van der Waals surface area contributed by atoms with Gasteiger partial charge in [-0.05, 0) is 85.6 Å². The molecule has 2 aromatic carbocycles. The van der Waals surface area contributed by atoms with Gasteiger partial charge in [-0.25, -0.2) is 0 Å². The van der Waals surface area contributed by atoms with Gasteiger partial charge >= 0.3 is 0 Å². The van der Waals surface area contributed by atoms with Crippen LogP contribution in [0.5, 0.6) is 5.75 Å². The van der Waals surface area contributed by atoms with Crippen LogP contribution in [0.3, 0.4) is 0 Å². The highest BCUT2D eigenvalue weighted by Gasteiger charge is 2.50. The largest absolute Gasteiger partial charge is 0.497 e. The van der Waals surface area contributed by atoms with Crippen molar-refractivity contribution in [1.29, 1.82) is 0 Å². The van der Waals surface area contributed by atoms with Gasteiger partial charge in [-0.15, -0.1) is 23.5 Å². The lowest BCUT2D eigenvalue weighted by atomic mass is 9.82. The molecule has 1 N–H and O–H groups in total. The van der Waals surface area contributed by atoms with E-state index in [0.29, 0.717) is 51.9 Å². The summed E-state index contributed by atoms with van der Waals surface area (Å²) in [4.78, 5) is 11.6. The summed E-state index contributed by atoms with van der Waals surface area (Å²) in [5, 5.41) is 12.0. The van der Waals surface area contributed by atoms with Gasteiger partial charge in [0.2, 0.25) is 0 Å². The maximum absolute atomic E-state index is 12.0. The lowest BCUT2D eigenvalue weighted by Gasteiger charge is -2.49. The van der Waals surface area contributed by atoms with Crippen molar-refractivity contribution in [2.75, 3.05) is 39.1 Å². The Hall–Kier alpha value is -1.67. The van der Waals surface area contributed by atoms with Crippen LogP contribution in [0.15, 0.2) is 54.6 Å². The van der Waals surface area contributed by atoms with E-state index in [1.165, 1.54) is 12.0 Å². The second kappa shape index (κ2) is 21.9. The molecule has 308 valence electrons. The second-order valence-electron chi connectivity index (χ2n) is 16.5. The molecule has 3 aliphatic rings. The van der Waals surface area contributed by atoms with Gasteiger partial charge in [-0.2, -0.15) is 0 Å². The number of thioether (sulfide) groups is 2. The molecule has 0 saturated carbocycles. The number of methoxy groups -OCH3 is 2. The van der Waals surface area contributed by atoms with Crippen molar-refractivity contribution in [3.05, 3.63) is 65.7 Å². The minimum atomic E-state index is -1.30. The summed E-state index contributed by atoms with van der Waals surface area (Å²) in [6.07, 6.45) is 8.85. The Kier molecular flexibility index (Phi) is 17.7. The van der Waals surface area contributed by atoms with Gasteiger partial charge < -0.3 is 43.1 Å². The molecular weight excluding hydrogens is 737 g/mol. The van der Waals surface area contributed by atoms with Crippen molar-refractivity contribution in [2.45, 2.75) is 145 Å². The van der Waals surface area contributed by atoms with E-state index in [0.717, 1.165) is 61.2 Å². The minimum Gasteiger partial charge on any atom is -0.497 e. The molecule has 5 rings (SSSR count). The first-order valence-electron chi connectivity index (χ1n) is 20.3. The molecule has 0 aliphatic carbocycles. The first-order chi connectivity index (χ1) is 26.5. The van der Waals surface area contributed by atoms with E-state index in [4.69, 9.17) is 33.2 Å². The summed E-state index contributed by atoms with van der Waals surface area (Å²) in [6.45, 7) is 8.51. The molecule has 7 atom stereocenters. The zero-order chi connectivity index (χ0) is 39.2. The molecule has 0 amide bonds. The fourth-order valence-electron chi connectivity index (χ4n) is 8.18. The van der Waals surface area contributed by atoms with Gasteiger partial charge in [-0.3, -0.25) is 0 Å². The highest BCUT2D eigenvalue weighted by atomic mass is 32.2. The Morgan fingerprint density at radius 2 is 1.71 bits per heavy atom. The lowest BCUT2D eigenvalue weighted by Crippen LogP contribution is -2.51. The summed E-state index contributed by atoms with van der Waals surface area (Å²) in [6, 6.07) is 18.3. The summed E-state index contributed by atoms with van der Waals surface area (Å²) in [5.41, 5.74) is 2.08. The van der Waals surface area contributed by atoms with Crippen LogP contribution in [-0.4, -0.2) is 90.9 Å². The van der Waals surface area contributed by atoms with Gasteiger partial charge in [0.05, 0.1) is 61.5 Å². The Labute approximate surface area is 338 Å². The van der Waals surface area contributed by atoms with Crippen LogP contribution in [0.2, 0.25) is 0 Å². The molecule has 2 aromatic rings. The molecule has 0 radical (unpaired) electrons. The highest BCUT2D eigenvalue weighted by molar-refractivity contribution is 8.18. The van der Waals surface area contributed by atoms with Crippen LogP contribution in [0, 0.1) is 11.3 Å². The van der Waals surface area contributed by atoms with Gasteiger partial charge in [0.25, 0.3) is 0 Å². The quantitative estimate of drug-likeness (QED) is 0.0912. The number of hydrogen-bond acceptors (Lipinski definition) is 11. The van der Waals surface area contributed by atoms with Gasteiger partial charge in [0.1, 0.15) is 18.8 Å². The molecule has 3 saturated heterocycles. The molecule has 1 spiro atoms. The fraction of sp³-hybridized carbons (Fsp3) is 0.705. The Bertz CT molecular complexity index is 1390. The van der Waals surface area contributed by atoms with Crippen LogP contribution < -0.4 is 4.74 Å². The number of carbonyl (C=O) groups is 1. The average Bonchev–Trinajstić information content (AvgIpc) is 3.18. The number of carbonyl (C=O) groups excluding carboxylic acids is 1. The zero-order valence-electron chi connectivity index (χ0n) is 33.8. The van der Waals surface area contributed by atoms with Crippen molar-refractivity contribution >= 4 is 29.8 Å². The van der Waals surface area contributed by atoms with E-state index >= 15 is 0 Å². The first kappa shape index (κ1) is 44.4.